The molecule has 0 aliphatic carbocycles. The number of alkyl carbamates (subject to hydrolysis) is 1. The molecular formula is C36H47F2N3O7S. The first-order valence-corrected chi connectivity index (χ1v) is 17.8. The second kappa shape index (κ2) is 18.7. The van der Waals surface area contributed by atoms with Crippen molar-refractivity contribution in [3.8, 4) is 0 Å². The molecule has 0 bridgehead atoms. The van der Waals surface area contributed by atoms with Crippen molar-refractivity contribution in [2.24, 2.45) is 5.92 Å². The molecule has 49 heavy (non-hydrogen) atoms. The van der Waals surface area contributed by atoms with Crippen LogP contribution in [-0.2, 0) is 26.2 Å². The van der Waals surface area contributed by atoms with Gasteiger partial charge in [-0.25, -0.2) is 22.0 Å². The van der Waals surface area contributed by atoms with Crippen molar-refractivity contribution in [1.82, 2.24) is 14.9 Å². The summed E-state index contributed by atoms with van der Waals surface area (Å²) in [5.74, 6) is -2.40. The van der Waals surface area contributed by atoms with Gasteiger partial charge in [0.15, 0.2) is 0 Å². The number of methoxy groups -OCH3 is 1. The number of hydrogen-bond acceptors (Lipinski definition) is 7. The number of hydrogen-bond donors (Lipinski definition) is 4. The van der Waals surface area contributed by atoms with Crippen LogP contribution in [0.2, 0.25) is 0 Å². The highest BCUT2D eigenvalue weighted by molar-refractivity contribution is 7.89. The molecule has 0 spiro atoms. The maximum Gasteiger partial charge on any atom is 0.407 e. The van der Waals surface area contributed by atoms with Crippen molar-refractivity contribution in [3.05, 3.63) is 101 Å². The molecule has 3 atom stereocenters. The first-order valence-electron chi connectivity index (χ1n) is 16.3. The SMILES string of the molecule is CC[C@@H](CCC[C@@H](CO)N(CC(C)C)S(=O)(=O)c1ccc(CO)cc1)NC(=O)[C@@H](NC(=O)OC)C(c1ccc(F)cc1)c1ccc(F)cc1. The van der Waals surface area contributed by atoms with Gasteiger partial charge in [-0.1, -0.05) is 57.2 Å². The molecule has 13 heteroatoms. The predicted molar refractivity (Wildman–Crippen MR) is 182 cm³/mol. The second-order valence-corrected chi connectivity index (χ2v) is 14.2. The Balaban J connectivity index is 1.82. The second-order valence-electron chi connectivity index (χ2n) is 12.3. The highest BCUT2D eigenvalue weighted by Crippen LogP contribution is 2.30. The van der Waals surface area contributed by atoms with Crippen LogP contribution in [0.4, 0.5) is 13.6 Å². The minimum absolute atomic E-state index is 0.0300. The Hall–Kier alpha value is -3.91. The lowest BCUT2D eigenvalue weighted by Gasteiger charge is -2.32. The lowest BCUT2D eigenvalue weighted by Crippen LogP contribution is -2.52. The summed E-state index contributed by atoms with van der Waals surface area (Å²) in [6, 6.07) is 14.5. The molecule has 268 valence electrons. The number of nitrogens with one attached hydrogen (secondary N) is 2. The summed E-state index contributed by atoms with van der Waals surface area (Å²) in [4.78, 5) is 26.5. The fourth-order valence-corrected chi connectivity index (χ4v) is 7.51. The van der Waals surface area contributed by atoms with Crippen LogP contribution in [0.15, 0.2) is 77.7 Å². The highest BCUT2D eigenvalue weighted by atomic mass is 32.2. The van der Waals surface area contributed by atoms with Crippen molar-refractivity contribution in [2.75, 3.05) is 20.3 Å². The first kappa shape index (κ1) is 39.5. The van der Waals surface area contributed by atoms with Crippen LogP contribution >= 0.6 is 0 Å². The van der Waals surface area contributed by atoms with Gasteiger partial charge in [-0.05, 0) is 84.7 Å². The van der Waals surface area contributed by atoms with Crippen molar-refractivity contribution in [1.29, 1.82) is 0 Å². The zero-order chi connectivity index (χ0) is 36.1. The molecule has 0 aliphatic heterocycles. The van der Waals surface area contributed by atoms with Crippen LogP contribution in [0.25, 0.3) is 0 Å². The van der Waals surface area contributed by atoms with Crippen LogP contribution in [-0.4, -0.2) is 73.3 Å². The third-order valence-corrected chi connectivity index (χ3v) is 10.3. The number of sulfonamides is 1. The molecule has 2 amide bonds. The molecule has 0 unspecified atom stereocenters. The quantitative estimate of drug-likeness (QED) is 0.145. The van der Waals surface area contributed by atoms with E-state index in [0.717, 1.165) is 7.11 Å². The molecule has 10 nitrogen and oxygen atoms in total. The van der Waals surface area contributed by atoms with Gasteiger partial charge in [0.2, 0.25) is 15.9 Å². The zero-order valence-electron chi connectivity index (χ0n) is 28.3. The fourth-order valence-electron chi connectivity index (χ4n) is 5.70. The summed E-state index contributed by atoms with van der Waals surface area (Å²) >= 11 is 0. The van der Waals surface area contributed by atoms with Crippen molar-refractivity contribution in [3.63, 3.8) is 0 Å². The lowest BCUT2D eigenvalue weighted by molar-refractivity contribution is -0.124. The van der Waals surface area contributed by atoms with Gasteiger partial charge in [0, 0.05) is 24.5 Å². The van der Waals surface area contributed by atoms with E-state index in [4.69, 9.17) is 4.74 Å². The normalized spacial score (nSPS) is 13.7. The van der Waals surface area contributed by atoms with Gasteiger partial charge in [-0.3, -0.25) is 4.79 Å². The molecule has 4 N–H and O–H groups in total. The summed E-state index contributed by atoms with van der Waals surface area (Å²) < 4.78 is 61.2. The third-order valence-electron chi connectivity index (χ3n) is 8.34. The highest BCUT2D eigenvalue weighted by Gasteiger charge is 2.35. The van der Waals surface area contributed by atoms with Crippen LogP contribution in [0.1, 0.15) is 69.1 Å². The number of carbonyl (C=O) groups is 2. The molecule has 0 heterocycles. The number of rotatable bonds is 18. The average molecular weight is 704 g/mol. The molecule has 3 aromatic rings. The summed E-state index contributed by atoms with van der Waals surface area (Å²) in [7, 11) is -2.82. The standard InChI is InChI=1S/C36H47F2N3O7S/c1-5-30(7-6-8-31(23-43)41(21-24(2)3)49(46,47)32-19-9-25(22-42)10-20-32)39-35(44)34(40-36(45)48-4)33(26-11-15-28(37)16-12-26)27-13-17-29(38)18-14-27/h9-20,24,30-31,33-34,42-43H,5-8,21-23H2,1-4H3,(H,39,44)(H,40,45)/t30-,31-,34-/m0/s1. The minimum atomic E-state index is -3.98. The monoisotopic (exact) mass is 703 g/mol. The number of benzene rings is 3. The van der Waals surface area contributed by atoms with Crippen LogP contribution < -0.4 is 10.6 Å². The van der Waals surface area contributed by atoms with E-state index >= 15 is 0 Å². The van der Waals surface area contributed by atoms with E-state index in [2.05, 4.69) is 10.6 Å². The van der Waals surface area contributed by atoms with E-state index in [1.807, 2.05) is 20.8 Å². The van der Waals surface area contributed by atoms with Gasteiger partial charge in [-0.15, -0.1) is 0 Å². The van der Waals surface area contributed by atoms with E-state index in [1.54, 1.807) is 12.1 Å². The topological polar surface area (TPSA) is 145 Å². The smallest absolute Gasteiger partial charge is 0.407 e. The molecular weight excluding hydrogens is 656 g/mol. The predicted octanol–water partition coefficient (Wildman–Crippen LogP) is 5.09. The van der Waals surface area contributed by atoms with Gasteiger partial charge in [0.25, 0.3) is 0 Å². The third kappa shape index (κ3) is 11.0. The largest absolute Gasteiger partial charge is 0.453 e. The number of nitrogens with zero attached hydrogens (tertiary/aromatic N) is 1. The number of carbonyl (C=O) groups excluding carboxylic acids is 2. The first-order chi connectivity index (χ1) is 23.3. The summed E-state index contributed by atoms with van der Waals surface area (Å²) in [6.07, 6.45) is 0.824. The van der Waals surface area contributed by atoms with E-state index in [-0.39, 0.29) is 24.0 Å². The van der Waals surface area contributed by atoms with Gasteiger partial charge in [0.1, 0.15) is 17.7 Å². The summed E-state index contributed by atoms with van der Waals surface area (Å²) in [5, 5.41) is 25.3. The van der Waals surface area contributed by atoms with Crippen LogP contribution in [0.5, 0.6) is 0 Å². The van der Waals surface area contributed by atoms with Crippen LogP contribution in [0.3, 0.4) is 0 Å². The Bertz CT molecular complexity index is 1540. The van der Waals surface area contributed by atoms with Gasteiger partial charge in [-0.2, -0.15) is 4.31 Å². The van der Waals surface area contributed by atoms with E-state index in [1.165, 1.54) is 65.0 Å². The van der Waals surface area contributed by atoms with Crippen LogP contribution in [0, 0.1) is 17.6 Å². The van der Waals surface area contributed by atoms with E-state index in [0.29, 0.717) is 42.4 Å². The zero-order valence-corrected chi connectivity index (χ0v) is 29.1. The Kier molecular flexibility index (Phi) is 15.1. The lowest BCUT2D eigenvalue weighted by atomic mass is 9.84. The molecule has 0 aliphatic rings. The summed E-state index contributed by atoms with van der Waals surface area (Å²) in [5.41, 5.74) is 1.58. The Morgan fingerprint density at radius 3 is 1.86 bits per heavy atom. The average Bonchev–Trinajstić information content (AvgIpc) is 3.09. The number of aliphatic hydroxyl groups is 2. The Morgan fingerprint density at radius 2 is 1.41 bits per heavy atom. The summed E-state index contributed by atoms with van der Waals surface area (Å²) in [6.45, 7) is 5.20. The molecule has 3 aromatic carbocycles. The fraction of sp³-hybridized carbons (Fsp3) is 0.444. The molecule has 0 saturated carbocycles. The number of halogens is 2. The van der Waals surface area contributed by atoms with E-state index in [9.17, 15) is 37.0 Å². The Labute approximate surface area is 287 Å². The van der Waals surface area contributed by atoms with Gasteiger partial charge < -0.3 is 25.6 Å². The number of aliphatic hydroxyl groups excluding tert-OH is 2. The van der Waals surface area contributed by atoms with Crippen molar-refractivity contribution < 1.29 is 41.7 Å². The Morgan fingerprint density at radius 1 is 0.857 bits per heavy atom. The maximum absolute atomic E-state index is 13.9. The van der Waals surface area contributed by atoms with Gasteiger partial charge in [0.05, 0.1) is 25.2 Å². The molecule has 0 fully saturated rings. The molecule has 0 aromatic heterocycles. The minimum Gasteiger partial charge on any atom is -0.453 e. The molecule has 3 rings (SSSR count). The van der Waals surface area contributed by atoms with Gasteiger partial charge >= 0.3 is 6.09 Å². The van der Waals surface area contributed by atoms with Crippen molar-refractivity contribution in [2.45, 2.75) is 82.0 Å². The van der Waals surface area contributed by atoms with E-state index < -0.39 is 64.3 Å². The van der Waals surface area contributed by atoms with Crippen molar-refractivity contribution >= 4 is 22.0 Å². The number of amides is 2. The molecule has 0 saturated heterocycles. The molecule has 0 radical (unpaired) electrons. The maximum atomic E-state index is 13.9. The number of ether oxygens (including phenoxy) is 1.